The summed E-state index contributed by atoms with van der Waals surface area (Å²) in [6.45, 7) is 2.04. The molecule has 0 saturated carbocycles. The molecular formula is C12H12BrN3. The Bertz CT molecular complexity index is 491. The van der Waals surface area contributed by atoms with Crippen LogP contribution in [0.4, 0.5) is 5.82 Å². The maximum atomic E-state index is 5.86. The quantitative estimate of drug-likeness (QED) is 0.918. The van der Waals surface area contributed by atoms with E-state index in [1.807, 2.05) is 25.3 Å². The Kier molecular flexibility index (Phi) is 3.19. The van der Waals surface area contributed by atoms with Crippen LogP contribution in [-0.2, 0) is 6.42 Å². The van der Waals surface area contributed by atoms with Crippen molar-refractivity contribution in [1.82, 2.24) is 9.97 Å². The molecule has 2 heterocycles. The summed E-state index contributed by atoms with van der Waals surface area (Å²) in [6, 6.07) is 4.01. The van der Waals surface area contributed by atoms with Gasteiger partial charge in [-0.2, -0.15) is 0 Å². The normalized spacial score (nSPS) is 10.4. The second kappa shape index (κ2) is 4.61. The van der Waals surface area contributed by atoms with Crippen molar-refractivity contribution in [2.75, 3.05) is 5.73 Å². The molecule has 0 radical (unpaired) electrons. The van der Waals surface area contributed by atoms with Crippen LogP contribution >= 0.6 is 15.9 Å². The Hall–Kier alpha value is -1.42. The monoisotopic (exact) mass is 277 g/mol. The Labute approximate surface area is 103 Å². The smallest absolute Gasteiger partial charge is 0.127 e. The summed E-state index contributed by atoms with van der Waals surface area (Å²) < 4.78 is 0.977. The lowest BCUT2D eigenvalue weighted by molar-refractivity contribution is 1.09. The molecule has 0 spiro atoms. The van der Waals surface area contributed by atoms with Crippen molar-refractivity contribution in [3.05, 3.63) is 51.9 Å². The van der Waals surface area contributed by atoms with Gasteiger partial charge in [0.2, 0.25) is 0 Å². The molecule has 0 amide bonds. The van der Waals surface area contributed by atoms with Crippen molar-refractivity contribution in [3.8, 4) is 0 Å². The first kappa shape index (κ1) is 11.1. The lowest BCUT2D eigenvalue weighted by atomic mass is 10.0. The molecule has 0 atom stereocenters. The maximum absolute atomic E-state index is 5.86. The zero-order valence-electron chi connectivity index (χ0n) is 8.94. The van der Waals surface area contributed by atoms with Gasteiger partial charge in [0.1, 0.15) is 5.82 Å². The summed E-state index contributed by atoms with van der Waals surface area (Å²) in [5.74, 6) is 0.597. The van der Waals surface area contributed by atoms with Gasteiger partial charge in [0.25, 0.3) is 0 Å². The number of pyridine rings is 2. The summed E-state index contributed by atoms with van der Waals surface area (Å²) >= 11 is 3.40. The van der Waals surface area contributed by atoms with Crippen molar-refractivity contribution in [3.63, 3.8) is 0 Å². The Morgan fingerprint density at radius 3 is 2.88 bits per heavy atom. The van der Waals surface area contributed by atoms with E-state index in [0.717, 1.165) is 27.6 Å². The highest BCUT2D eigenvalue weighted by Crippen LogP contribution is 2.19. The number of nitrogens with two attached hydrogens (primary N) is 1. The highest BCUT2D eigenvalue weighted by atomic mass is 79.9. The molecule has 0 aromatic carbocycles. The van der Waals surface area contributed by atoms with Gasteiger partial charge in [0.05, 0.1) is 0 Å². The number of halogens is 1. The van der Waals surface area contributed by atoms with Gasteiger partial charge >= 0.3 is 0 Å². The van der Waals surface area contributed by atoms with Crippen LogP contribution in [0.1, 0.15) is 16.7 Å². The molecule has 0 unspecified atom stereocenters. The third kappa shape index (κ3) is 2.39. The molecule has 2 aromatic rings. The van der Waals surface area contributed by atoms with Crippen LogP contribution in [0.15, 0.2) is 35.2 Å². The Morgan fingerprint density at radius 2 is 2.19 bits per heavy atom. The van der Waals surface area contributed by atoms with Crippen molar-refractivity contribution in [2.24, 2.45) is 0 Å². The van der Waals surface area contributed by atoms with Gasteiger partial charge in [-0.05, 0) is 46.1 Å². The zero-order chi connectivity index (χ0) is 11.5. The highest BCUT2D eigenvalue weighted by Gasteiger charge is 2.05. The molecule has 2 N–H and O–H groups in total. The molecule has 2 aromatic heterocycles. The van der Waals surface area contributed by atoms with E-state index in [1.54, 1.807) is 12.4 Å². The van der Waals surface area contributed by atoms with E-state index in [4.69, 9.17) is 5.73 Å². The molecular weight excluding hydrogens is 266 g/mol. The first-order chi connectivity index (χ1) is 7.66. The number of rotatable bonds is 2. The van der Waals surface area contributed by atoms with E-state index in [-0.39, 0.29) is 0 Å². The van der Waals surface area contributed by atoms with Gasteiger partial charge in [-0.3, -0.25) is 4.98 Å². The molecule has 0 aliphatic rings. The molecule has 3 nitrogen and oxygen atoms in total. The Morgan fingerprint density at radius 1 is 1.38 bits per heavy atom. The van der Waals surface area contributed by atoms with Crippen molar-refractivity contribution >= 4 is 21.7 Å². The first-order valence-electron chi connectivity index (χ1n) is 4.96. The predicted molar refractivity (Wildman–Crippen MR) is 68.1 cm³/mol. The Balaban J connectivity index is 2.34. The fourth-order valence-electron chi connectivity index (χ4n) is 1.60. The summed E-state index contributed by atoms with van der Waals surface area (Å²) in [5, 5.41) is 0. The second-order valence-electron chi connectivity index (χ2n) is 3.68. The molecule has 0 aliphatic carbocycles. The summed E-state index contributed by atoms with van der Waals surface area (Å²) in [6.07, 6.45) is 6.10. The van der Waals surface area contributed by atoms with Crippen LogP contribution in [0.5, 0.6) is 0 Å². The predicted octanol–water partition coefficient (Wildman–Crippen LogP) is 2.72. The SMILES string of the molecule is Cc1ccnc(N)c1Cc1cncc(Br)c1. The van der Waals surface area contributed by atoms with E-state index >= 15 is 0 Å². The minimum atomic E-state index is 0.597. The number of anilines is 1. The lowest BCUT2D eigenvalue weighted by Crippen LogP contribution is -2.01. The van der Waals surface area contributed by atoms with Crippen molar-refractivity contribution in [2.45, 2.75) is 13.3 Å². The highest BCUT2D eigenvalue weighted by molar-refractivity contribution is 9.10. The number of aryl methyl sites for hydroxylation is 1. The fraction of sp³-hybridized carbons (Fsp3) is 0.167. The van der Waals surface area contributed by atoms with Crippen LogP contribution in [0.2, 0.25) is 0 Å². The summed E-state index contributed by atoms with van der Waals surface area (Å²) in [7, 11) is 0. The van der Waals surface area contributed by atoms with E-state index in [1.165, 1.54) is 0 Å². The molecule has 0 aliphatic heterocycles. The summed E-state index contributed by atoms with van der Waals surface area (Å²) in [5.41, 5.74) is 9.22. The molecule has 0 saturated heterocycles. The number of nitrogens with zero attached hydrogens (tertiary/aromatic N) is 2. The van der Waals surface area contributed by atoms with E-state index in [2.05, 4.69) is 25.9 Å². The van der Waals surface area contributed by atoms with Gasteiger partial charge < -0.3 is 5.73 Å². The van der Waals surface area contributed by atoms with E-state index in [9.17, 15) is 0 Å². The number of aromatic nitrogens is 2. The van der Waals surface area contributed by atoms with Gasteiger partial charge in [0.15, 0.2) is 0 Å². The van der Waals surface area contributed by atoms with Crippen LogP contribution in [-0.4, -0.2) is 9.97 Å². The van der Waals surface area contributed by atoms with E-state index < -0.39 is 0 Å². The molecule has 16 heavy (non-hydrogen) atoms. The van der Waals surface area contributed by atoms with Crippen LogP contribution < -0.4 is 5.73 Å². The topological polar surface area (TPSA) is 51.8 Å². The average molecular weight is 278 g/mol. The average Bonchev–Trinajstić information content (AvgIpc) is 2.24. The minimum absolute atomic E-state index is 0.597. The van der Waals surface area contributed by atoms with Gasteiger partial charge in [-0.25, -0.2) is 4.98 Å². The van der Waals surface area contributed by atoms with Gasteiger partial charge in [0, 0.05) is 35.0 Å². The number of nitrogen functional groups attached to an aromatic ring is 1. The van der Waals surface area contributed by atoms with Crippen molar-refractivity contribution in [1.29, 1.82) is 0 Å². The molecule has 0 bridgehead atoms. The second-order valence-corrected chi connectivity index (χ2v) is 4.60. The number of hydrogen-bond acceptors (Lipinski definition) is 3. The van der Waals surface area contributed by atoms with Crippen molar-refractivity contribution < 1.29 is 0 Å². The first-order valence-corrected chi connectivity index (χ1v) is 5.75. The van der Waals surface area contributed by atoms with Crippen LogP contribution in [0.25, 0.3) is 0 Å². The number of hydrogen-bond donors (Lipinski definition) is 1. The summed E-state index contributed by atoms with van der Waals surface area (Å²) in [4.78, 5) is 8.24. The third-order valence-electron chi connectivity index (χ3n) is 2.47. The van der Waals surface area contributed by atoms with Crippen LogP contribution in [0, 0.1) is 6.92 Å². The van der Waals surface area contributed by atoms with Crippen LogP contribution in [0.3, 0.4) is 0 Å². The fourth-order valence-corrected chi connectivity index (χ4v) is 2.01. The molecule has 4 heteroatoms. The van der Waals surface area contributed by atoms with Gasteiger partial charge in [-0.15, -0.1) is 0 Å². The largest absolute Gasteiger partial charge is 0.383 e. The lowest BCUT2D eigenvalue weighted by Gasteiger charge is -2.08. The molecule has 2 rings (SSSR count). The van der Waals surface area contributed by atoms with E-state index in [0.29, 0.717) is 5.82 Å². The zero-order valence-corrected chi connectivity index (χ0v) is 10.5. The molecule has 82 valence electrons. The third-order valence-corrected chi connectivity index (χ3v) is 2.90. The minimum Gasteiger partial charge on any atom is -0.383 e. The maximum Gasteiger partial charge on any atom is 0.127 e. The molecule has 0 fully saturated rings. The van der Waals surface area contributed by atoms with Gasteiger partial charge in [-0.1, -0.05) is 0 Å². The standard InChI is InChI=1S/C12H12BrN3/c1-8-2-3-16-12(14)11(8)5-9-4-10(13)7-15-6-9/h2-4,6-7H,5H2,1H3,(H2,14,16).